The van der Waals surface area contributed by atoms with Crippen molar-refractivity contribution in [1.82, 2.24) is 9.13 Å². The Labute approximate surface area is 77.7 Å². The minimum atomic E-state index is -0.101. The van der Waals surface area contributed by atoms with Crippen molar-refractivity contribution in [3.63, 3.8) is 0 Å². The number of hydrogen-bond acceptors (Lipinski definition) is 3. The highest BCUT2D eigenvalue weighted by atomic mass is 28.2. The van der Waals surface area contributed by atoms with Crippen molar-refractivity contribution in [3.8, 4) is 0 Å². The summed E-state index contributed by atoms with van der Waals surface area (Å²) in [6.07, 6.45) is 2.68. The molecule has 4 heteroatoms. The molecule has 0 saturated carbocycles. The number of hydrogen-bond donors (Lipinski definition) is 0. The molecular weight excluding hydrogens is 168 g/mol. The van der Waals surface area contributed by atoms with Crippen LogP contribution in [0.25, 0.3) is 0 Å². The lowest BCUT2D eigenvalue weighted by atomic mass is 10.5. The lowest BCUT2D eigenvalue weighted by molar-refractivity contribution is -0.125. The van der Waals surface area contributed by atoms with Crippen molar-refractivity contribution in [3.05, 3.63) is 0 Å². The van der Waals surface area contributed by atoms with Crippen LogP contribution in [-0.4, -0.2) is 45.5 Å². The van der Waals surface area contributed by atoms with Gasteiger partial charge in [0.05, 0.1) is 0 Å². The standard InChI is InChI=1S/C8H20N2OSi/c1-4-6-10-8(9(3)12-10)11-7-5-2/h8H,4-7,12H2,1-3H3. The van der Waals surface area contributed by atoms with Gasteiger partial charge >= 0.3 is 0 Å². The van der Waals surface area contributed by atoms with Crippen molar-refractivity contribution in [2.45, 2.75) is 33.0 Å². The summed E-state index contributed by atoms with van der Waals surface area (Å²) >= 11 is 0. The first kappa shape index (κ1) is 10.2. The van der Waals surface area contributed by atoms with E-state index in [0.717, 1.165) is 13.0 Å². The molecule has 3 nitrogen and oxygen atoms in total. The Kier molecular flexibility index (Phi) is 4.21. The second-order valence-corrected chi connectivity index (χ2v) is 5.50. The predicted octanol–water partition coefficient (Wildman–Crippen LogP) is 0.353. The number of ether oxygens (including phenoxy) is 1. The molecule has 0 aromatic heterocycles. The van der Waals surface area contributed by atoms with Crippen LogP contribution in [0.15, 0.2) is 0 Å². The number of nitrogens with zero attached hydrogens (tertiary/aromatic N) is 2. The molecule has 0 aromatic carbocycles. The summed E-state index contributed by atoms with van der Waals surface area (Å²) in [6, 6.07) is 0. The molecule has 1 aliphatic heterocycles. The minimum Gasteiger partial charge on any atom is -0.351 e. The van der Waals surface area contributed by atoms with Crippen LogP contribution in [0.4, 0.5) is 0 Å². The van der Waals surface area contributed by atoms with Gasteiger partial charge in [-0.2, -0.15) is 0 Å². The Bertz CT molecular complexity index is 132. The van der Waals surface area contributed by atoms with E-state index in [2.05, 4.69) is 30.0 Å². The second kappa shape index (κ2) is 4.96. The van der Waals surface area contributed by atoms with Gasteiger partial charge in [0.2, 0.25) is 0 Å². The van der Waals surface area contributed by atoms with Gasteiger partial charge in [0.15, 0.2) is 16.2 Å². The van der Waals surface area contributed by atoms with E-state index >= 15 is 0 Å². The van der Waals surface area contributed by atoms with E-state index in [1.807, 2.05) is 0 Å². The maximum absolute atomic E-state index is 5.69. The quantitative estimate of drug-likeness (QED) is 0.579. The molecule has 0 spiro atoms. The van der Waals surface area contributed by atoms with E-state index in [9.17, 15) is 0 Å². The summed E-state index contributed by atoms with van der Waals surface area (Å²) in [7, 11) is 2.06. The van der Waals surface area contributed by atoms with Gasteiger partial charge in [0, 0.05) is 6.61 Å². The van der Waals surface area contributed by atoms with E-state index in [4.69, 9.17) is 4.74 Å². The highest BCUT2D eigenvalue weighted by Gasteiger charge is 2.33. The van der Waals surface area contributed by atoms with Gasteiger partial charge in [-0.1, -0.05) is 13.8 Å². The Morgan fingerprint density at radius 1 is 1.33 bits per heavy atom. The molecule has 1 rings (SSSR count). The average Bonchev–Trinajstić information content (AvgIpc) is 2.05. The van der Waals surface area contributed by atoms with Gasteiger partial charge in [0.1, 0.15) is 0 Å². The molecule has 1 saturated heterocycles. The SMILES string of the molecule is CCCOC1N(C)[SiH2]N1CCC. The smallest absolute Gasteiger partial charge is 0.179 e. The molecule has 72 valence electrons. The molecule has 1 fully saturated rings. The fraction of sp³-hybridized carbons (Fsp3) is 1.00. The summed E-state index contributed by atoms with van der Waals surface area (Å²) in [5, 5.41) is 0. The fourth-order valence-corrected chi connectivity index (χ4v) is 3.26. The van der Waals surface area contributed by atoms with Crippen molar-refractivity contribution in [1.29, 1.82) is 0 Å². The van der Waals surface area contributed by atoms with Gasteiger partial charge in [-0.25, -0.2) is 0 Å². The summed E-state index contributed by atoms with van der Waals surface area (Å²) in [5.41, 5.74) is 0. The lowest BCUT2D eigenvalue weighted by Crippen LogP contribution is -2.66. The zero-order chi connectivity index (χ0) is 8.97. The maximum atomic E-state index is 5.69. The Morgan fingerprint density at radius 3 is 2.58 bits per heavy atom. The van der Waals surface area contributed by atoms with E-state index in [-0.39, 0.29) is 9.84 Å². The normalized spacial score (nSPS) is 27.8. The molecule has 0 radical (unpaired) electrons. The minimum absolute atomic E-state index is 0.101. The van der Waals surface area contributed by atoms with E-state index < -0.39 is 0 Å². The number of rotatable bonds is 5. The Morgan fingerprint density at radius 2 is 2.08 bits per heavy atom. The molecule has 0 bridgehead atoms. The van der Waals surface area contributed by atoms with E-state index in [1.54, 1.807) is 0 Å². The third kappa shape index (κ3) is 2.29. The van der Waals surface area contributed by atoms with Crippen molar-refractivity contribution in [2.24, 2.45) is 0 Å². The van der Waals surface area contributed by atoms with Crippen molar-refractivity contribution >= 4 is 9.84 Å². The van der Waals surface area contributed by atoms with Crippen molar-refractivity contribution < 1.29 is 4.74 Å². The molecular formula is C8H20N2OSi. The third-order valence-electron chi connectivity index (χ3n) is 2.08. The van der Waals surface area contributed by atoms with Gasteiger partial charge in [-0.3, -0.25) is 9.13 Å². The zero-order valence-corrected chi connectivity index (χ0v) is 9.83. The van der Waals surface area contributed by atoms with Crippen LogP contribution in [0.1, 0.15) is 26.7 Å². The zero-order valence-electron chi connectivity index (χ0n) is 8.42. The van der Waals surface area contributed by atoms with Crippen LogP contribution in [-0.2, 0) is 4.74 Å². The largest absolute Gasteiger partial charge is 0.351 e. The maximum Gasteiger partial charge on any atom is 0.179 e. The summed E-state index contributed by atoms with van der Waals surface area (Å²) < 4.78 is 10.6. The highest BCUT2D eigenvalue weighted by molar-refractivity contribution is 6.31. The Hall–Kier alpha value is 0.0969. The van der Waals surface area contributed by atoms with Gasteiger partial charge in [-0.15, -0.1) is 0 Å². The van der Waals surface area contributed by atoms with Crippen LogP contribution in [0.5, 0.6) is 0 Å². The summed E-state index contributed by atoms with van der Waals surface area (Å²) in [5.74, 6) is 0. The molecule has 1 heterocycles. The molecule has 1 unspecified atom stereocenters. The van der Waals surface area contributed by atoms with Gasteiger partial charge in [0.25, 0.3) is 0 Å². The topological polar surface area (TPSA) is 15.7 Å². The predicted molar refractivity (Wildman–Crippen MR) is 53.3 cm³/mol. The first-order valence-corrected chi connectivity index (χ1v) is 6.12. The molecule has 0 N–H and O–H groups in total. The van der Waals surface area contributed by atoms with E-state index in [1.165, 1.54) is 13.0 Å². The van der Waals surface area contributed by atoms with Crippen LogP contribution in [0.3, 0.4) is 0 Å². The van der Waals surface area contributed by atoms with Crippen LogP contribution >= 0.6 is 0 Å². The summed E-state index contributed by atoms with van der Waals surface area (Å²) in [4.78, 5) is 0. The second-order valence-electron chi connectivity index (χ2n) is 3.41. The molecule has 1 atom stereocenters. The first-order valence-electron chi connectivity index (χ1n) is 4.85. The molecule has 0 amide bonds. The molecule has 0 aromatic rings. The molecule has 0 aliphatic carbocycles. The highest BCUT2D eigenvalue weighted by Crippen LogP contribution is 2.15. The molecule has 1 aliphatic rings. The fourth-order valence-electron chi connectivity index (χ4n) is 1.53. The lowest BCUT2D eigenvalue weighted by Gasteiger charge is -2.48. The van der Waals surface area contributed by atoms with Crippen LogP contribution in [0, 0.1) is 0 Å². The monoisotopic (exact) mass is 188 g/mol. The third-order valence-corrected chi connectivity index (χ3v) is 3.83. The van der Waals surface area contributed by atoms with Crippen LogP contribution < -0.4 is 0 Å². The van der Waals surface area contributed by atoms with Crippen molar-refractivity contribution in [2.75, 3.05) is 20.2 Å². The van der Waals surface area contributed by atoms with E-state index in [0.29, 0.717) is 6.35 Å². The van der Waals surface area contributed by atoms with Crippen LogP contribution in [0.2, 0.25) is 0 Å². The Balaban J connectivity index is 2.19. The average molecular weight is 188 g/mol. The van der Waals surface area contributed by atoms with Gasteiger partial charge in [-0.05, 0) is 26.4 Å². The van der Waals surface area contributed by atoms with Gasteiger partial charge < -0.3 is 4.74 Å². The summed E-state index contributed by atoms with van der Waals surface area (Å²) in [6.45, 7) is 6.48. The molecule has 12 heavy (non-hydrogen) atoms. The first-order chi connectivity index (χ1) is 5.79.